The molecule has 0 aromatic heterocycles. The maximum Gasteiger partial charge on any atom is 0.255 e. The summed E-state index contributed by atoms with van der Waals surface area (Å²) in [5.74, 6) is 0.584. The highest BCUT2D eigenvalue weighted by atomic mass is 16.5. The highest BCUT2D eigenvalue weighted by Gasteiger charge is 2.31. The fraction of sp³-hybridized carbons (Fsp3) is 0.600. The number of amides is 2. The van der Waals surface area contributed by atoms with Crippen LogP contribution < -0.4 is 15.4 Å². The molecule has 144 valence electrons. The number of benzene rings is 1. The predicted octanol–water partition coefficient (Wildman–Crippen LogP) is 2.19. The van der Waals surface area contributed by atoms with Gasteiger partial charge in [0.1, 0.15) is 5.75 Å². The number of carbonyl (C=O) groups excluding carboxylic acids is 2. The zero-order chi connectivity index (χ0) is 18.9. The number of carbonyl (C=O) groups is 2. The zero-order valence-corrected chi connectivity index (χ0v) is 16.1. The Kier molecular flexibility index (Phi) is 7.91. The fourth-order valence-electron chi connectivity index (χ4n) is 3.31. The molecule has 26 heavy (non-hydrogen) atoms. The van der Waals surface area contributed by atoms with Crippen molar-refractivity contribution in [1.82, 2.24) is 15.5 Å². The Balaban J connectivity index is 1.88. The average Bonchev–Trinajstić information content (AvgIpc) is 3.00. The number of rotatable bonds is 9. The van der Waals surface area contributed by atoms with Gasteiger partial charge in [-0.2, -0.15) is 0 Å². The Bertz CT molecular complexity index is 606. The number of para-hydroxylation sites is 1. The molecule has 2 amide bonds. The van der Waals surface area contributed by atoms with Crippen LogP contribution in [0, 0.1) is 0 Å². The largest absolute Gasteiger partial charge is 0.493 e. The van der Waals surface area contributed by atoms with E-state index in [-0.39, 0.29) is 23.9 Å². The highest BCUT2D eigenvalue weighted by molar-refractivity contribution is 5.96. The number of ether oxygens (including phenoxy) is 1. The summed E-state index contributed by atoms with van der Waals surface area (Å²) in [6.45, 7) is 3.30. The molecule has 0 unspecified atom stereocenters. The Morgan fingerprint density at radius 1 is 1.23 bits per heavy atom. The van der Waals surface area contributed by atoms with Crippen molar-refractivity contribution >= 4 is 11.8 Å². The van der Waals surface area contributed by atoms with Crippen molar-refractivity contribution in [1.29, 1.82) is 0 Å². The van der Waals surface area contributed by atoms with E-state index in [0.717, 1.165) is 25.7 Å². The number of nitrogens with one attached hydrogen (secondary N) is 2. The normalized spacial score (nSPS) is 20.0. The molecule has 1 aliphatic rings. The first kappa shape index (κ1) is 20.2. The summed E-state index contributed by atoms with van der Waals surface area (Å²) in [6.07, 6.45) is 4.48. The molecule has 2 atom stereocenters. The van der Waals surface area contributed by atoms with Crippen molar-refractivity contribution in [2.24, 2.45) is 0 Å². The summed E-state index contributed by atoms with van der Waals surface area (Å²) in [4.78, 5) is 26.4. The minimum absolute atomic E-state index is 0.0599. The Hall–Kier alpha value is -2.08. The maximum atomic E-state index is 12.6. The molecule has 1 heterocycles. The Labute approximate surface area is 156 Å². The molecule has 0 bridgehead atoms. The SMILES string of the molecule is CCCCOc1ccccc1C(=O)NC[C@@H]1CC[C@H](CC(=O)NC)N1C. The van der Waals surface area contributed by atoms with Gasteiger partial charge in [-0.15, -0.1) is 0 Å². The molecule has 0 saturated carbocycles. The fourth-order valence-corrected chi connectivity index (χ4v) is 3.31. The van der Waals surface area contributed by atoms with Crippen molar-refractivity contribution in [3.8, 4) is 5.75 Å². The average molecular weight is 361 g/mol. The number of hydrogen-bond donors (Lipinski definition) is 2. The molecule has 6 nitrogen and oxygen atoms in total. The van der Waals surface area contributed by atoms with E-state index in [1.54, 1.807) is 13.1 Å². The topological polar surface area (TPSA) is 70.7 Å². The zero-order valence-electron chi connectivity index (χ0n) is 16.1. The van der Waals surface area contributed by atoms with E-state index >= 15 is 0 Å². The van der Waals surface area contributed by atoms with Crippen molar-refractivity contribution in [3.63, 3.8) is 0 Å². The van der Waals surface area contributed by atoms with Crippen LogP contribution in [0.25, 0.3) is 0 Å². The van der Waals surface area contributed by atoms with Crippen molar-refractivity contribution in [2.45, 2.75) is 51.1 Å². The third kappa shape index (κ3) is 5.46. The molecule has 1 aromatic rings. The number of nitrogens with zero attached hydrogens (tertiary/aromatic N) is 1. The summed E-state index contributed by atoms with van der Waals surface area (Å²) >= 11 is 0. The van der Waals surface area contributed by atoms with Crippen LogP contribution in [0.2, 0.25) is 0 Å². The Morgan fingerprint density at radius 3 is 2.69 bits per heavy atom. The van der Waals surface area contributed by atoms with Gasteiger partial charge in [0, 0.05) is 32.1 Å². The molecule has 6 heteroatoms. The second-order valence-corrected chi connectivity index (χ2v) is 6.84. The van der Waals surface area contributed by atoms with Crippen molar-refractivity contribution in [2.75, 3.05) is 27.2 Å². The van der Waals surface area contributed by atoms with Crippen LogP contribution in [0.15, 0.2) is 24.3 Å². The molecule has 1 aliphatic heterocycles. The highest BCUT2D eigenvalue weighted by Crippen LogP contribution is 2.24. The van der Waals surface area contributed by atoms with Crippen LogP contribution in [0.5, 0.6) is 5.75 Å². The molecule has 0 aliphatic carbocycles. The molecule has 2 N–H and O–H groups in total. The molecule has 1 aromatic carbocycles. The van der Waals surface area contributed by atoms with Gasteiger partial charge in [-0.25, -0.2) is 0 Å². The van der Waals surface area contributed by atoms with Crippen LogP contribution in [0.3, 0.4) is 0 Å². The third-order valence-corrected chi connectivity index (χ3v) is 5.07. The number of unbranched alkanes of at least 4 members (excludes halogenated alkanes) is 1. The van der Waals surface area contributed by atoms with Gasteiger partial charge < -0.3 is 15.4 Å². The summed E-state index contributed by atoms with van der Waals surface area (Å²) < 4.78 is 5.75. The number of likely N-dealkylation sites (N-methyl/N-ethyl adjacent to an activating group) is 1. The van der Waals surface area contributed by atoms with E-state index in [9.17, 15) is 9.59 Å². The van der Waals surface area contributed by atoms with Gasteiger partial charge in [-0.3, -0.25) is 14.5 Å². The van der Waals surface area contributed by atoms with Crippen LogP contribution >= 0.6 is 0 Å². The first-order valence-corrected chi connectivity index (χ1v) is 9.49. The van der Waals surface area contributed by atoms with E-state index in [1.807, 2.05) is 25.2 Å². The molecule has 2 rings (SSSR count). The van der Waals surface area contributed by atoms with Gasteiger partial charge in [0.25, 0.3) is 5.91 Å². The summed E-state index contributed by atoms with van der Waals surface area (Å²) in [7, 11) is 3.69. The van der Waals surface area contributed by atoms with Gasteiger partial charge in [-0.05, 0) is 38.4 Å². The summed E-state index contributed by atoms with van der Waals surface area (Å²) in [5.41, 5.74) is 0.575. The van der Waals surface area contributed by atoms with Gasteiger partial charge in [0.15, 0.2) is 0 Å². The lowest BCUT2D eigenvalue weighted by atomic mass is 10.1. The first-order valence-electron chi connectivity index (χ1n) is 9.49. The molecule has 1 fully saturated rings. The summed E-state index contributed by atoms with van der Waals surface area (Å²) in [6, 6.07) is 7.85. The van der Waals surface area contributed by atoms with Crippen LogP contribution in [0.1, 0.15) is 49.4 Å². The second-order valence-electron chi connectivity index (χ2n) is 6.84. The molecule has 0 spiro atoms. The lowest BCUT2D eigenvalue weighted by molar-refractivity contribution is -0.121. The quantitative estimate of drug-likeness (QED) is 0.662. The lowest BCUT2D eigenvalue weighted by Crippen LogP contribution is -2.42. The van der Waals surface area contributed by atoms with Crippen LogP contribution in [-0.2, 0) is 4.79 Å². The minimum atomic E-state index is -0.111. The molecular weight excluding hydrogens is 330 g/mol. The van der Waals surface area contributed by atoms with Crippen LogP contribution in [0.4, 0.5) is 0 Å². The van der Waals surface area contributed by atoms with E-state index < -0.39 is 0 Å². The standard InChI is InChI=1S/C20H31N3O3/c1-4-5-12-26-18-9-7-6-8-17(18)20(25)22-14-16-11-10-15(23(16)3)13-19(24)21-2/h6-9,15-16H,4-5,10-14H2,1-3H3,(H,21,24)(H,22,25)/t15-,16+/m1/s1. The van der Waals surface area contributed by atoms with E-state index in [2.05, 4.69) is 22.5 Å². The van der Waals surface area contributed by atoms with Gasteiger partial charge in [0.2, 0.25) is 5.91 Å². The van der Waals surface area contributed by atoms with Crippen LogP contribution in [-0.4, -0.2) is 56.0 Å². The van der Waals surface area contributed by atoms with Crippen molar-refractivity contribution < 1.29 is 14.3 Å². The number of likely N-dealkylation sites (tertiary alicyclic amines) is 1. The summed E-state index contributed by atoms with van der Waals surface area (Å²) in [5, 5.41) is 5.71. The lowest BCUT2D eigenvalue weighted by Gasteiger charge is -2.25. The predicted molar refractivity (Wildman–Crippen MR) is 102 cm³/mol. The Morgan fingerprint density at radius 2 is 1.96 bits per heavy atom. The van der Waals surface area contributed by atoms with Crippen molar-refractivity contribution in [3.05, 3.63) is 29.8 Å². The van der Waals surface area contributed by atoms with E-state index in [0.29, 0.717) is 30.9 Å². The van der Waals surface area contributed by atoms with Gasteiger partial charge in [0.05, 0.1) is 12.2 Å². The van der Waals surface area contributed by atoms with E-state index in [4.69, 9.17) is 4.74 Å². The third-order valence-electron chi connectivity index (χ3n) is 5.07. The van der Waals surface area contributed by atoms with Gasteiger partial charge in [-0.1, -0.05) is 25.5 Å². The van der Waals surface area contributed by atoms with E-state index in [1.165, 1.54) is 0 Å². The number of hydrogen-bond acceptors (Lipinski definition) is 4. The molecular formula is C20H31N3O3. The molecule has 0 radical (unpaired) electrons. The monoisotopic (exact) mass is 361 g/mol. The first-order chi connectivity index (χ1) is 12.6. The molecule has 1 saturated heterocycles. The second kappa shape index (κ2) is 10.2. The van der Waals surface area contributed by atoms with Gasteiger partial charge >= 0.3 is 0 Å². The minimum Gasteiger partial charge on any atom is -0.493 e. The maximum absolute atomic E-state index is 12.6. The smallest absolute Gasteiger partial charge is 0.255 e.